The fourth-order valence-corrected chi connectivity index (χ4v) is 6.56. The van der Waals surface area contributed by atoms with E-state index in [1.54, 1.807) is 5.57 Å². The van der Waals surface area contributed by atoms with Crippen LogP contribution in [0.2, 0.25) is 0 Å². The molecule has 1 nitrogen and oxygen atoms in total. The Labute approximate surface area is 129 Å². The van der Waals surface area contributed by atoms with E-state index in [4.69, 9.17) is 6.42 Å². The molecule has 0 unspecified atom stereocenters. The normalized spacial score (nSPS) is 52.1. The topological polar surface area (TPSA) is 20.2 Å². The van der Waals surface area contributed by atoms with Crippen LogP contribution in [0.25, 0.3) is 0 Å². The Morgan fingerprint density at radius 1 is 1.19 bits per heavy atom. The first kappa shape index (κ1) is 13.9. The van der Waals surface area contributed by atoms with Gasteiger partial charge in [0.15, 0.2) is 0 Å². The van der Waals surface area contributed by atoms with Crippen molar-refractivity contribution < 1.29 is 5.11 Å². The van der Waals surface area contributed by atoms with Gasteiger partial charge in [-0.15, -0.1) is 6.42 Å². The Morgan fingerprint density at radius 2 is 2.05 bits per heavy atom. The predicted octanol–water partition coefficient (Wildman–Crippen LogP) is 4.31. The van der Waals surface area contributed by atoms with Gasteiger partial charge >= 0.3 is 0 Å². The first-order valence-corrected chi connectivity index (χ1v) is 8.98. The van der Waals surface area contributed by atoms with Gasteiger partial charge in [0.25, 0.3) is 0 Å². The highest BCUT2D eigenvalue weighted by molar-refractivity contribution is 5.25. The Kier molecular flexibility index (Phi) is 3.06. The van der Waals surface area contributed by atoms with Crippen LogP contribution in [0.15, 0.2) is 11.6 Å². The Bertz CT molecular complexity index is 512. The summed E-state index contributed by atoms with van der Waals surface area (Å²) in [6, 6.07) is 0. The SMILES string of the molecule is C#C[C@]1(O)CC[C@H]2[C@@H]3CCC4=CCCC[C@H]4[C@@H]3CC[C@@]21C. The molecule has 1 heteroatoms. The zero-order chi connectivity index (χ0) is 14.7. The van der Waals surface area contributed by atoms with Crippen molar-refractivity contribution in [2.45, 2.75) is 70.3 Å². The summed E-state index contributed by atoms with van der Waals surface area (Å²) in [5.41, 5.74) is 0.903. The molecule has 0 aromatic carbocycles. The summed E-state index contributed by atoms with van der Waals surface area (Å²) in [7, 11) is 0. The fourth-order valence-electron chi connectivity index (χ4n) is 6.56. The summed E-state index contributed by atoms with van der Waals surface area (Å²) >= 11 is 0. The summed E-state index contributed by atoms with van der Waals surface area (Å²) in [6.45, 7) is 2.28. The summed E-state index contributed by atoms with van der Waals surface area (Å²) < 4.78 is 0. The lowest BCUT2D eigenvalue weighted by Gasteiger charge is -2.54. The van der Waals surface area contributed by atoms with E-state index in [9.17, 15) is 5.11 Å². The largest absolute Gasteiger partial charge is 0.377 e. The molecule has 0 aliphatic heterocycles. The summed E-state index contributed by atoms with van der Waals surface area (Å²) in [5, 5.41) is 10.9. The zero-order valence-corrected chi connectivity index (χ0v) is 13.3. The molecule has 4 aliphatic carbocycles. The number of hydrogen-bond donors (Lipinski definition) is 1. The third kappa shape index (κ3) is 1.75. The van der Waals surface area contributed by atoms with Crippen LogP contribution in [0.3, 0.4) is 0 Å². The standard InChI is InChI=1S/C20H28O/c1-3-20(21)13-11-18-17-9-8-14-6-4-5-7-15(14)16(17)10-12-19(18,20)2/h1,6,15-18,21H,4-5,7-13H2,2H3/t15-,16+,17-,18+,19+,20+/m1/s1. The third-order valence-electron chi connectivity index (χ3n) is 7.77. The molecule has 0 radical (unpaired) electrons. The highest BCUT2D eigenvalue weighted by Gasteiger charge is 2.61. The molecule has 21 heavy (non-hydrogen) atoms. The van der Waals surface area contributed by atoms with Crippen molar-refractivity contribution in [2.24, 2.45) is 29.1 Å². The lowest BCUT2D eigenvalue weighted by Crippen LogP contribution is -2.52. The molecular formula is C20H28O. The third-order valence-corrected chi connectivity index (χ3v) is 7.77. The van der Waals surface area contributed by atoms with Gasteiger partial charge in [0, 0.05) is 5.41 Å². The second kappa shape index (κ2) is 4.63. The van der Waals surface area contributed by atoms with Crippen molar-refractivity contribution in [1.82, 2.24) is 0 Å². The first-order valence-electron chi connectivity index (χ1n) is 8.98. The summed E-state index contributed by atoms with van der Waals surface area (Å²) in [6.07, 6.45) is 19.4. The highest BCUT2D eigenvalue weighted by Crippen LogP contribution is 2.64. The minimum atomic E-state index is -0.842. The van der Waals surface area contributed by atoms with Crippen molar-refractivity contribution in [3.8, 4) is 12.3 Å². The summed E-state index contributed by atoms with van der Waals surface area (Å²) in [4.78, 5) is 0. The van der Waals surface area contributed by atoms with Crippen LogP contribution in [0.5, 0.6) is 0 Å². The van der Waals surface area contributed by atoms with E-state index >= 15 is 0 Å². The average Bonchev–Trinajstić information content (AvgIpc) is 2.79. The van der Waals surface area contributed by atoms with E-state index in [2.05, 4.69) is 18.9 Å². The predicted molar refractivity (Wildman–Crippen MR) is 85.5 cm³/mol. The minimum absolute atomic E-state index is 0.0290. The van der Waals surface area contributed by atoms with Crippen molar-refractivity contribution in [2.75, 3.05) is 0 Å². The van der Waals surface area contributed by atoms with Crippen LogP contribution < -0.4 is 0 Å². The molecule has 114 valence electrons. The number of fused-ring (bicyclic) bond motifs is 5. The number of allylic oxidation sites excluding steroid dienone is 2. The molecule has 3 fully saturated rings. The maximum Gasteiger partial charge on any atom is 0.130 e. The molecule has 0 amide bonds. The molecule has 4 aliphatic rings. The second-order valence-electron chi connectivity index (χ2n) is 8.29. The Hall–Kier alpha value is -0.740. The molecular weight excluding hydrogens is 256 g/mol. The van der Waals surface area contributed by atoms with Gasteiger partial charge in [0.05, 0.1) is 0 Å². The zero-order valence-electron chi connectivity index (χ0n) is 13.3. The molecule has 0 spiro atoms. The van der Waals surface area contributed by atoms with Gasteiger partial charge in [0.1, 0.15) is 5.60 Å². The molecule has 4 rings (SSSR count). The van der Waals surface area contributed by atoms with E-state index in [-0.39, 0.29) is 5.41 Å². The van der Waals surface area contributed by atoms with E-state index in [0.29, 0.717) is 5.92 Å². The maximum atomic E-state index is 10.9. The lowest BCUT2D eigenvalue weighted by atomic mass is 9.50. The molecule has 3 saturated carbocycles. The number of hydrogen-bond acceptors (Lipinski definition) is 1. The number of aliphatic hydroxyl groups is 1. The van der Waals surface area contributed by atoms with Gasteiger partial charge in [-0.25, -0.2) is 0 Å². The molecule has 1 N–H and O–H groups in total. The number of terminal acetylenes is 1. The minimum Gasteiger partial charge on any atom is -0.377 e. The molecule has 0 aromatic heterocycles. The van der Waals surface area contributed by atoms with Crippen LogP contribution in [0.1, 0.15) is 64.7 Å². The molecule has 6 atom stereocenters. The lowest BCUT2D eigenvalue weighted by molar-refractivity contribution is -0.0857. The van der Waals surface area contributed by atoms with Gasteiger partial charge in [-0.3, -0.25) is 0 Å². The second-order valence-corrected chi connectivity index (χ2v) is 8.29. The van der Waals surface area contributed by atoms with Crippen molar-refractivity contribution >= 4 is 0 Å². The van der Waals surface area contributed by atoms with E-state index in [1.165, 1.54) is 38.5 Å². The van der Waals surface area contributed by atoms with Gasteiger partial charge in [-0.2, -0.15) is 0 Å². The Morgan fingerprint density at radius 3 is 2.86 bits per heavy atom. The van der Waals surface area contributed by atoms with Crippen molar-refractivity contribution in [1.29, 1.82) is 0 Å². The van der Waals surface area contributed by atoms with Crippen molar-refractivity contribution in [3.05, 3.63) is 11.6 Å². The maximum absolute atomic E-state index is 10.9. The van der Waals surface area contributed by atoms with E-state index in [0.717, 1.165) is 37.0 Å². The quantitative estimate of drug-likeness (QED) is 0.519. The van der Waals surface area contributed by atoms with Crippen LogP contribution in [0.4, 0.5) is 0 Å². The van der Waals surface area contributed by atoms with E-state index < -0.39 is 5.60 Å². The number of rotatable bonds is 0. The molecule has 0 saturated heterocycles. The Balaban J connectivity index is 1.66. The van der Waals surface area contributed by atoms with E-state index in [1.807, 2.05) is 0 Å². The summed E-state index contributed by atoms with van der Waals surface area (Å²) in [5.74, 6) is 5.98. The monoisotopic (exact) mass is 284 g/mol. The highest BCUT2D eigenvalue weighted by atomic mass is 16.3. The molecule has 0 bridgehead atoms. The van der Waals surface area contributed by atoms with Gasteiger partial charge in [0.2, 0.25) is 0 Å². The van der Waals surface area contributed by atoms with Crippen molar-refractivity contribution in [3.63, 3.8) is 0 Å². The smallest absolute Gasteiger partial charge is 0.130 e. The van der Waals surface area contributed by atoms with Crippen LogP contribution in [0, 0.1) is 41.4 Å². The first-order chi connectivity index (χ1) is 10.1. The molecule has 0 heterocycles. The van der Waals surface area contributed by atoms with Gasteiger partial charge in [-0.1, -0.05) is 24.5 Å². The molecule has 0 aromatic rings. The van der Waals surface area contributed by atoms with Gasteiger partial charge in [-0.05, 0) is 81.5 Å². The van der Waals surface area contributed by atoms with Crippen LogP contribution in [-0.2, 0) is 0 Å². The average molecular weight is 284 g/mol. The van der Waals surface area contributed by atoms with Gasteiger partial charge < -0.3 is 5.11 Å². The van der Waals surface area contributed by atoms with Crippen LogP contribution >= 0.6 is 0 Å². The fraction of sp³-hybridized carbons (Fsp3) is 0.800. The van der Waals surface area contributed by atoms with Crippen LogP contribution in [-0.4, -0.2) is 10.7 Å².